The molecule has 0 unspecified atom stereocenters. The van der Waals surface area contributed by atoms with Crippen LogP contribution in [0.4, 0.5) is 13.2 Å². The number of alkyl halides is 3. The first-order valence-electron chi connectivity index (χ1n) is 5.16. The van der Waals surface area contributed by atoms with Gasteiger partial charge >= 0.3 is 12.1 Å². The summed E-state index contributed by atoms with van der Waals surface area (Å²) < 4.78 is 36.4. The van der Waals surface area contributed by atoms with Crippen molar-refractivity contribution in [1.29, 1.82) is 0 Å². The second-order valence-corrected chi connectivity index (χ2v) is 4.37. The molecular formula is C10H11F3N2O2. The molecule has 0 saturated heterocycles. The lowest BCUT2D eigenvalue weighted by Crippen LogP contribution is -2.51. The highest BCUT2D eigenvalue weighted by Gasteiger charge is 2.50. The third-order valence-electron chi connectivity index (χ3n) is 3.34. The van der Waals surface area contributed by atoms with Crippen molar-refractivity contribution < 1.29 is 22.8 Å². The summed E-state index contributed by atoms with van der Waals surface area (Å²) in [5.41, 5.74) is 5.15. The van der Waals surface area contributed by atoms with E-state index in [1.54, 1.807) is 12.2 Å². The average molecular weight is 248 g/mol. The van der Waals surface area contributed by atoms with E-state index in [1.807, 2.05) is 5.32 Å². The Kier molecular flexibility index (Phi) is 2.63. The first-order chi connectivity index (χ1) is 7.80. The van der Waals surface area contributed by atoms with Crippen LogP contribution in [0.3, 0.4) is 0 Å². The molecule has 1 fully saturated rings. The van der Waals surface area contributed by atoms with E-state index < -0.39 is 30.0 Å². The summed E-state index contributed by atoms with van der Waals surface area (Å²) in [6.45, 7) is 0. The number of carbonyl (C=O) groups is 2. The Balaban J connectivity index is 2.13. The summed E-state index contributed by atoms with van der Waals surface area (Å²) in [5, 5.41) is 1.87. The van der Waals surface area contributed by atoms with Gasteiger partial charge in [0.1, 0.15) is 0 Å². The highest BCUT2D eigenvalue weighted by Crippen LogP contribution is 2.43. The van der Waals surface area contributed by atoms with Gasteiger partial charge in [-0.3, -0.25) is 9.59 Å². The summed E-state index contributed by atoms with van der Waals surface area (Å²) in [6.07, 6.45) is -0.869. The zero-order valence-corrected chi connectivity index (χ0v) is 8.70. The van der Waals surface area contributed by atoms with E-state index in [9.17, 15) is 22.8 Å². The van der Waals surface area contributed by atoms with Gasteiger partial charge in [-0.25, -0.2) is 0 Å². The molecule has 0 aromatic carbocycles. The van der Waals surface area contributed by atoms with E-state index in [0.717, 1.165) is 0 Å². The predicted octanol–water partition coefficient (Wildman–Crippen LogP) is 0.341. The maximum atomic E-state index is 12.1. The Morgan fingerprint density at radius 2 is 1.82 bits per heavy atom. The van der Waals surface area contributed by atoms with Gasteiger partial charge in [-0.05, 0) is 18.3 Å². The van der Waals surface area contributed by atoms with Crippen LogP contribution in [0.5, 0.6) is 0 Å². The number of hydrogen-bond acceptors (Lipinski definition) is 2. The van der Waals surface area contributed by atoms with Gasteiger partial charge in [-0.1, -0.05) is 12.2 Å². The zero-order valence-electron chi connectivity index (χ0n) is 8.70. The van der Waals surface area contributed by atoms with Gasteiger partial charge in [0, 0.05) is 6.04 Å². The molecule has 4 nitrogen and oxygen atoms in total. The van der Waals surface area contributed by atoms with E-state index in [1.165, 1.54) is 0 Å². The van der Waals surface area contributed by atoms with E-state index in [4.69, 9.17) is 5.73 Å². The summed E-state index contributed by atoms with van der Waals surface area (Å²) in [6, 6.07) is -0.836. The van der Waals surface area contributed by atoms with Crippen LogP contribution in [0, 0.1) is 17.8 Å². The highest BCUT2D eigenvalue weighted by atomic mass is 19.4. The SMILES string of the molecule is NC(=O)[C@@H]1[C@H](NC(=O)C(F)(F)F)[C@H]2C=C[C@@H]1C2. The third-order valence-corrected chi connectivity index (χ3v) is 3.34. The van der Waals surface area contributed by atoms with Crippen molar-refractivity contribution in [2.45, 2.75) is 18.6 Å². The van der Waals surface area contributed by atoms with E-state index >= 15 is 0 Å². The molecule has 2 aliphatic carbocycles. The van der Waals surface area contributed by atoms with Crippen LogP contribution < -0.4 is 11.1 Å². The number of allylic oxidation sites excluding steroid dienone is 1. The van der Waals surface area contributed by atoms with Gasteiger partial charge in [-0.15, -0.1) is 0 Å². The molecule has 0 heterocycles. The maximum absolute atomic E-state index is 12.1. The Labute approximate surface area is 95.0 Å². The molecule has 0 aliphatic heterocycles. The first kappa shape index (κ1) is 11.9. The largest absolute Gasteiger partial charge is 0.471 e. The molecule has 17 heavy (non-hydrogen) atoms. The van der Waals surface area contributed by atoms with Gasteiger partial charge in [0.25, 0.3) is 0 Å². The second-order valence-electron chi connectivity index (χ2n) is 4.37. The quantitative estimate of drug-likeness (QED) is 0.692. The molecule has 3 N–H and O–H groups in total. The highest BCUT2D eigenvalue weighted by molar-refractivity contribution is 5.84. The number of hydrogen-bond donors (Lipinski definition) is 2. The standard InChI is InChI=1S/C10H11F3N2O2/c11-10(12,13)9(17)15-7-5-2-1-4(3-5)6(7)8(14)16/h1-2,4-7H,3H2,(H2,14,16)(H,15,17)/t4-,5+,6+,7-/m1/s1. The van der Waals surface area contributed by atoms with Crippen LogP contribution >= 0.6 is 0 Å². The normalized spacial score (nSPS) is 35.0. The fourth-order valence-corrected chi connectivity index (χ4v) is 2.64. The average Bonchev–Trinajstić information content (AvgIpc) is 2.75. The van der Waals surface area contributed by atoms with Gasteiger partial charge in [0.15, 0.2) is 0 Å². The van der Waals surface area contributed by atoms with E-state index in [2.05, 4.69) is 0 Å². The molecule has 0 spiro atoms. The van der Waals surface area contributed by atoms with Crippen LogP contribution in [0.25, 0.3) is 0 Å². The molecule has 2 bridgehead atoms. The van der Waals surface area contributed by atoms with E-state index in [-0.39, 0.29) is 11.8 Å². The Morgan fingerprint density at radius 1 is 1.24 bits per heavy atom. The summed E-state index contributed by atoms with van der Waals surface area (Å²) in [7, 11) is 0. The molecule has 2 amide bonds. The topological polar surface area (TPSA) is 72.2 Å². The predicted molar refractivity (Wildman–Crippen MR) is 51.4 cm³/mol. The number of nitrogens with one attached hydrogen (secondary N) is 1. The Hall–Kier alpha value is -1.53. The van der Waals surface area contributed by atoms with Gasteiger partial charge in [0.2, 0.25) is 5.91 Å². The molecule has 4 atom stereocenters. The molecule has 7 heteroatoms. The third kappa shape index (κ3) is 2.01. The number of amides is 2. The second kappa shape index (κ2) is 3.75. The number of halogens is 3. The Morgan fingerprint density at radius 3 is 2.35 bits per heavy atom. The molecular weight excluding hydrogens is 237 g/mol. The monoisotopic (exact) mass is 248 g/mol. The maximum Gasteiger partial charge on any atom is 0.471 e. The lowest BCUT2D eigenvalue weighted by Gasteiger charge is -2.26. The van der Waals surface area contributed by atoms with E-state index in [0.29, 0.717) is 6.42 Å². The fourth-order valence-electron chi connectivity index (χ4n) is 2.64. The first-order valence-corrected chi connectivity index (χ1v) is 5.16. The van der Waals surface area contributed by atoms with Crippen LogP contribution in [0.2, 0.25) is 0 Å². The lowest BCUT2D eigenvalue weighted by molar-refractivity contribution is -0.175. The van der Waals surface area contributed by atoms with Crippen molar-refractivity contribution in [3.05, 3.63) is 12.2 Å². The Bertz CT molecular complexity index is 392. The number of nitrogens with two attached hydrogens (primary N) is 1. The van der Waals surface area contributed by atoms with Gasteiger partial charge in [0.05, 0.1) is 5.92 Å². The molecule has 0 aromatic rings. The minimum atomic E-state index is -4.94. The number of fused-ring (bicyclic) bond motifs is 2. The fraction of sp³-hybridized carbons (Fsp3) is 0.600. The van der Waals surface area contributed by atoms with Crippen molar-refractivity contribution in [3.63, 3.8) is 0 Å². The van der Waals surface area contributed by atoms with Crippen LogP contribution in [-0.4, -0.2) is 24.0 Å². The minimum Gasteiger partial charge on any atom is -0.369 e. The van der Waals surface area contributed by atoms with Gasteiger partial charge in [-0.2, -0.15) is 13.2 Å². The smallest absolute Gasteiger partial charge is 0.369 e. The van der Waals surface area contributed by atoms with Crippen molar-refractivity contribution in [3.8, 4) is 0 Å². The molecule has 1 saturated carbocycles. The lowest BCUT2D eigenvalue weighted by atomic mass is 9.88. The molecule has 0 aromatic heterocycles. The molecule has 2 rings (SSSR count). The summed E-state index contributed by atoms with van der Waals surface area (Å²) in [4.78, 5) is 22.0. The van der Waals surface area contributed by atoms with Crippen LogP contribution in [0.15, 0.2) is 12.2 Å². The minimum absolute atomic E-state index is 0.156. The summed E-state index contributed by atoms with van der Waals surface area (Å²) >= 11 is 0. The summed E-state index contributed by atoms with van der Waals surface area (Å²) in [5.74, 6) is -3.82. The molecule has 94 valence electrons. The van der Waals surface area contributed by atoms with Gasteiger partial charge < -0.3 is 11.1 Å². The van der Waals surface area contributed by atoms with Crippen molar-refractivity contribution in [2.75, 3.05) is 0 Å². The number of primary amides is 1. The molecule has 0 radical (unpaired) electrons. The van der Waals surface area contributed by atoms with Crippen LogP contribution in [0.1, 0.15) is 6.42 Å². The zero-order chi connectivity index (χ0) is 12.8. The molecule has 2 aliphatic rings. The van der Waals surface area contributed by atoms with Crippen LogP contribution in [-0.2, 0) is 9.59 Å². The number of carbonyl (C=O) groups excluding carboxylic acids is 2. The van der Waals surface area contributed by atoms with Crippen molar-refractivity contribution in [1.82, 2.24) is 5.32 Å². The van der Waals surface area contributed by atoms with Crippen molar-refractivity contribution >= 4 is 11.8 Å². The van der Waals surface area contributed by atoms with Crippen molar-refractivity contribution in [2.24, 2.45) is 23.5 Å². The number of rotatable bonds is 2.